The largest absolute Gasteiger partial charge is 0.361 e. The van der Waals surface area contributed by atoms with E-state index in [1.54, 1.807) is 31.0 Å². The zero-order chi connectivity index (χ0) is 18.3. The molecule has 23 heavy (non-hydrogen) atoms. The fourth-order valence-corrected chi connectivity index (χ4v) is 1.27. The molecule has 0 unspecified atom stereocenters. The third kappa shape index (κ3) is 11.2. The molecular formula is C18H33N5. The maximum atomic E-state index is 4.24. The number of hydrogen-bond donors (Lipinski definition) is 0. The Bertz CT molecular complexity index is 484. The summed E-state index contributed by atoms with van der Waals surface area (Å²) in [5.41, 5.74) is 2.00. The van der Waals surface area contributed by atoms with Crippen molar-refractivity contribution in [3.63, 3.8) is 0 Å². The van der Waals surface area contributed by atoms with Crippen molar-refractivity contribution in [2.45, 2.75) is 54.4 Å². The van der Waals surface area contributed by atoms with Gasteiger partial charge < -0.3 is 4.90 Å². The average molecular weight is 319 g/mol. The van der Waals surface area contributed by atoms with Gasteiger partial charge in [0.15, 0.2) is 0 Å². The quantitative estimate of drug-likeness (QED) is 0.815. The van der Waals surface area contributed by atoms with E-state index in [1.165, 1.54) is 0 Å². The molecule has 5 nitrogen and oxygen atoms in total. The van der Waals surface area contributed by atoms with Crippen LogP contribution in [-0.4, -0.2) is 34.0 Å². The van der Waals surface area contributed by atoms with E-state index in [0.29, 0.717) is 5.92 Å². The molecule has 0 aliphatic carbocycles. The van der Waals surface area contributed by atoms with E-state index in [9.17, 15) is 0 Å². The molecule has 0 N–H and O–H groups in total. The lowest BCUT2D eigenvalue weighted by atomic mass is 10.1. The minimum absolute atomic E-state index is 0.485. The summed E-state index contributed by atoms with van der Waals surface area (Å²) in [4.78, 5) is 18.2. The molecule has 0 aromatic carbocycles. The van der Waals surface area contributed by atoms with Crippen LogP contribution < -0.4 is 4.90 Å². The van der Waals surface area contributed by atoms with Gasteiger partial charge in [0.2, 0.25) is 0 Å². The highest BCUT2D eigenvalue weighted by Gasteiger charge is 1.96. The van der Waals surface area contributed by atoms with Crippen molar-refractivity contribution in [1.82, 2.24) is 19.9 Å². The normalized spacial score (nSPS) is 8.61. The Morgan fingerprint density at radius 2 is 1.48 bits per heavy atom. The van der Waals surface area contributed by atoms with Crippen molar-refractivity contribution >= 4 is 5.82 Å². The van der Waals surface area contributed by atoms with Crippen LogP contribution >= 0.6 is 0 Å². The van der Waals surface area contributed by atoms with Gasteiger partial charge in [-0.2, -0.15) is 0 Å². The van der Waals surface area contributed by atoms with Crippen LogP contribution in [0.15, 0.2) is 31.0 Å². The maximum absolute atomic E-state index is 4.24. The number of aryl methyl sites for hydroxylation is 1. The third-order valence-electron chi connectivity index (χ3n) is 2.38. The minimum atomic E-state index is 0.485. The Labute approximate surface area is 142 Å². The minimum Gasteiger partial charge on any atom is -0.361 e. The molecule has 130 valence electrons. The van der Waals surface area contributed by atoms with Crippen LogP contribution in [0.5, 0.6) is 0 Å². The molecular weight excluding hydrogens is 286 g/mol. The topological polar surface area (TPSA) is 54.8 Å². The molecule has 2 aromatic heterocycles. The highest BCUT2D eigenvalue weighted by molar-refractivity contribution is 5.33. The zero-order valence-electron chi connectivity index (χ0n) is 16.2. The Balaban J connectivity index is 0. The van der Waals surface area contributed by atoms with Crippen LogP contribution in [0.4, 0.5) is 5.82 Å². The summed E-state index contributed by atoms with van der Waals surface area (Å²) in [7, 11) is 3.90. The summed E-state index contributed by atoms with van der Waals surface area (Å²) in [5, 5.41) is 0. The van der Waals surface area contributed by atoms with Crippen LogP contribution in [0.3, 0.4) is 0 Å². The molecule has 2 rings (SSSR count). The summed E-state index contributed by atoms with van der Waals surface area (Å²) in [5.74, 6) is 1.39. The molecule has 0 radical (unpaired) electrons. The second kappa shape index (κ2) is 14.9. The van der Waals surface area contributed by atoms with E-state index >= 15 is 0 Å². The Kier molecular flexibility index (Phi) is 15.0. The summed E-state index contributed by atoms with van der Waals surface area (Å²) < 4.78 is 0. The van der Waals surface area contributed by atoms with Gasteiger partial charge in [-0.05, 0) is 12.8 Å². The molecule has 0 amide bonds. The number of nitrogens with zero attached hydrogens (tertiary/aromatic N) is 5. The highest BCUT2D eigenvalue weighted by Crippen LogP contribution is 2.07. The number of rotatable bonds is 2. The second-order valence-corrected chi connectivity index (χ2v) is 4.70. The molecule has 0 aliphatic rings. The van der Waals surface area contributed by atoms with E-state index < -0.39 is 0 Å². The fraction of sp³-hybridized carbons (Fsp3) is 0.556. The first-order valence-corrected chi connectivity index (χ1v) is 8.22. The Morgan fingerprint density at radius 1 is 0.870 bits per heavy atom. The van der Waals surface area contributed by atoms with Crippen molar-refractivity contribution in [2.24, 2.45) is 0 Å². The Morgan fingerprint density at radius 3 is 1.78 bits per heavy atom. The van der Waals surface area contributed by atoms with Gasteiger partial charge >= 0.3 is 0 Å². The monoisotopic (exact) mass is 319 g/mol. The van der Waals surface area contributed by atoms with Gasteiger partial charge in [0.25, 0.3) is 0 Å². The van der Waals surface area contributed by atoms with Gasteiger partial charge in [0.05, 0.1) is 17.6 Å². The van der Waals surface area contributed by atoms with Gasteiger partial charge in [0, 0.05) is 38.9 Å². The second-order valence-electron chi connectivity index (χ2n) is 4.70. The molecule has 0 aliphatic heterocycles. The molecule has 0 bridgehead atoms. The summed E-state index contributed by atoms with van der Waals surface area (Å²) in [6.07, 6.45) is 8.69. The number of hydrogen-bond acceptors (Lipinski definition) is 5. The van der Waals surface area contributed by atoms with Crippen LogP contribution in [-0.2, 0) is 0 Å². The summed E-state index contributed by atoms with van der Waals surface area (Å²) in [6.45, 7) is 14.1. The van der Waals surface area contributed by atoms with Crippen LogP contribution in [0, 0.1) is 6.92 Å². The molecule has 0 saturated heterocycles. The first kappa shape index (κ1) is 23.2. The molecule has 0 spiro atoms. The first-order chi connectivity index (χ1) is 11.0. The molecule has 2 heterocycles. The predicted molar refractivity (Wildman–Crippen MR) is 99.9 cm³/mol. The zero-order valence-corrected chi connectivity index (χ0v) is 16.2. The van der Waals surface area contributed by atoms with Crippen LogP contribution in [0.25, 0.3) is 0 Å². The van der Waals surface area contributed by atoms with Gasteiger partial charge in [0.1, 0.15) is 5.82 Å². The SMILES string of the molecule is CC.CC.CC(C)c1cnccn1.Cc1cncc(N(C)C)n1. The predicted octanol–water partition coefficient (Wildman–Crippen LogP) is 4.50. The van der Waals surface area contributed by atoms with Crippen molar-refractivity contribution < 1.29 is 0 Å². The van der Waals surface area contributed by atoms with E-state index in [1.807, 2.05) is 53.6 Å². The van der Waals surface area contributed by atoms with E-state index in [2.05, 4.69) is 33.8 Å². The van der Waals surface area contributed by atoms with Crippen molar-refractivity contribution in [1.29, 1.82) is 0 Å². The third-order valence-corrected chi connectivity index (χ3v) is 2.38. The maximum Gasteiger partial charge on any atom is 0.146 e. The molecule has 0 atom stereocenters. The van der Waals surface area contributed by atoms with E-state index in [4.69, 9.17) is 0 Å². The number of anilines is 1. The van der Waals surface area contributed by atoms with E-state index in [-0.39, 0.29) is 0 Å². The Hall–Kier alpha value is -2.04. The van der Waals surface area contributed by atoms with Gasteiger partial charge in [-0.1, -0.05) is 41.5 Å². The van der Waals surface area contributed by atoms with Gasteiger partial charge in [-0.25, -0.2) is 4.98 Å². The van der Waals surface area contributed by atoms with Crippen LogP contribution in [0.1, 0.15) is 58.8 Å². The molecule has 0 saturated carbocycles. The lowest BCUT2D eigenvalue weighted by Crippen LogP contribution is -2.11. The lowest BCUT2D eigenvalue weighted by molar-refractivity contribution is 0.812. The summed E-state index contributed by atoms with van der Waals surface area (Å²) in [6, 6.07) is 0. The van der Waals surface area contributed by atoms with Crippen molar-refractivity contribution in [2.75, 3.05) is 19.0 Å². The summed E-state index contributed by atoms with van der Waals surface area (Å²) >= 11 is 0. The van der Waals surface area contributed by atoms with Gasteiger partial charge in [-0.3, -0.25) is 15.0 Å². The molecule has 0 fully saturated rings. The average Bonchev–Trinajstić information content (AvgIpc) is 2.60. The number of aromatic nitrogens is 4. The van der Waals surface area contributed by atoms with E-state index in [0.717, 1.165) is 17.2 Å². The lowest BCUT2D eigenvalue weighted by Gasteiger charge is -2.09. The standard InChI is InChI=1S/C7H11N3.C7H10N2.2C2H6/c1-6-4-8-5-7(9-6)10(2)3;1-6(2)7-5-8-3-4-9-7;2*1-2/h4-5H,1-3H3;3-6H,1-2H3;2*1-2H3. The van der Waals surface area contributed by atoms with Crippen LogP contribution in [0.2, 0.25) is 0 Å². The van der Waals surface area contributed by atoms with Crippen molar-refractivity contribution in [3.8, 4) is 0 Å². The molecule has 2 aromatic rings. The molecule has 5 heteroatoms. The fourth-order valence-electron chi connectivity index (χ4n) is 1.27. The highest BCUT2D eigenvalue weighted by atomic mass is 15.1. The first-order valence-electron chi connectivity index (χ1n) is 8.22. The smallest absolute Gasteiger partial charge is 0.146 e. The van der Waals surface area contributed by atoms with Crippen molar-refractivity contribution in [3.05, 3.63) is 42.4 Å². The van der Waals surface area contributed by atoms with Gasteiger partial charge in [-0.15, -0.1) is 0 Å².